The van der Waals surface area contributed by atoms with Crippen LogP contribution in [0.4, 0.5) is 0 Å². The molecule has 4 atom stereocenters. The van der Waals surface area contributed by atoms with E-state index in [1.54, 1.807) is 6.07 Å². The maximum atomic E-state index is 9.50. The largest absolute Gasteiger partial charge is 0.508 e. The van der Waals surface area contributed by atoms with Gasteiger partial charge in [-0.25, -0.2) is 0 Å². The summed E-state index contributed by atoms with van der Waals surface area (Å²) in [4.78, 5) is 0. The van der Waals surface area contributed by atoms with E-state index in [1.807, 2.05) is 12.1 Å². The molecule has 0 heterocycles. The van der Waals surface area contributed by atoms with Crippen LogP contribution in [-0.2, 0) is 0 Å². The molecule has 2 heteroatoms. The minimum atomic E-state index is 0.330. The zero-order valence-electron chi connectivity index (χ0n) is 11.1. The van der Waals surface area contributed by atoms with Gasteiger partial charge in [0.15, 0.2) is 0 Å². The predicted molar refractivity (Wildman–Crippen MR) is 73.5 cm³/mol. The van der Waals surface area contributed by atoms with E-state index in [9.17, 15) is 5.11 Å². The second-order valence-electron chi connectivity index (χ2n) is 6.16. The molecule has 18 heavy (non-hydrogen) atoms. The van der Waals surface area contributed by atoms with Crippen LogP contribution in [0.3, 0.4) is 0 Å². The summed E-state index contributed by atoms with van der Waals surface area (Å²) in [6.45, 7) is 3.32. The average molecular weight is 245 g/mol. The monoisotopic (exact) mass is 245 g/mol. The highest BCUT2D eigenvalue weighted by Crippen LogP contribution is 2.48. The van der Waals surface area contributed by atoms with Crippen molar-refractivity contribution in [2.24, 2.45) is 17.8 Å². The number of benzene rings is 1. The van der Waals surface area contributed by atoms with Gasteiger partial charge in [-0.1, -0.05) is 18.6 Å². The number of nitrogens with one attached hydrogen (secondary N) is 1. The molecule has 0 saturated heterocycles. The van der Waals surface area contributed by atoms with Crippen molar-refractivity contribution in [2.75, 3.05) is 6.54 Å². The molecule has 2 bridgehead atoms. The number of phenols is 1. The average Bonchev–Trinajstić information content (AvgIpc) is 2.98. The zero-order valence-corrected chi connectivity index (χ0v) is 11.1. The molecule has 98 valence electrons. The molecule has 2 aliphatic rings. The Morgan fingerprint density at radius 2 is 2.22 bits per heavy atom. The minimum absolute atomic E-state index is 0.330. The van der Waals surface area contributed by atoms with E-state index in [0.29, 0.717) is 11.8 Å². The summed E-state index contributed by atoms with van der Waals surface area (Å²) in [5.41, 5.74) is 1.18. The maximum absolute atomic E-state index is 9.50. The van der Waals surface area contributed by atoms with Gasteiger partial charge >= 0.3 is 0 Å². The van der Waals surface area contributed by atoms with Gasteiger partial charge in [-0.3, -0.25) is 0 Å². The van der Waals surface area contributed by atoms with Gasteiger partial charge in [0, 0.05) is 6.04 Å². The highest BCUT2D eigenvalue weighted by Gasteiger charge is 2.39. The van der Waals surface area contributed by atoms with E-state index in [2.05, 4.69) is 18.3 Å². The highest BCUT2D eigenvalue weighted by molar-refractivity contribution is 5.29. The lowest BCUT2D eigenvalue weighted by Crippen LogP contribution is -2.28. The van der Waals surface area contributed by atoms with Crippen molar-refractivity contribution >= 4 is 0 Å². The van der Waals surface area contributed by atoms with E-state index < -0.39 is 0 Å². The second kappa shape index (κ2) is 4.93. The van der Waals surface area contributed by atoms with Crippen LogP contribution >= 0.6 is 0 Å². The zero-order chi connectivity index (χ0) is 12.5. The SMILES string of the molecule is CC(NCC1CC2CCC1C2)c1cccc(O)c1. The summed E-state index contributed by atoms with van der Waals surface area (Å²) in [6.07, 6.45) is 5.85. The number of aromatic hydroxyl groups is 1. The van der Waals surface area contributed by atoms with Gasteiger partial charge in [0.2, 0.25) is 0 Å². The Kier molecular flexibility index (Phi) is 3.29. The third-order valence-electron chi connectivity index (χ3n) is 4.94. The Hall–Kier alpha value is -1.02. The first-order chi connectivity index (χ1) is 8.72. The number of hydrogen-bond donors (Lipinski definition) is 2. The van der Waals surface area contributed by atoms with Gasteiger partial charge in [0.25, 0.3) is 0 Å². The van der Waals surface area contributed by atoms with Crippen LogP contribution in [0, 0.1) is 17.8 Å². The Balaban J connectivity index is 1.54. The molecule has 1 aromatic carbocycles. The first kappa shape index (κ1) is 12.0. The third-order valence-corrected chi connectivity index (χ3v) is 4.94. The van der Waals surface area contributed by atoms with E-state index >= 15 is 0 Å². The van der Waals surface area contributed by atoms with Crippen molar-refractivity contribution in [3.63, 3.8) is 0 Å². The van der Waals surface area contributed by atoms with Gasteiger partial charge < -0.3 is 10.4 Å². The van der Waals surface area contributed by atoms with Gasteiger partial charge in [-0.2, -0.15) is 0 Å². The summed E-state index contributed by atoms with van der Waals surface area (Å²) >= 11 is 0. The molecule has 0 aliphatic heterocycles. The van der Waals surface area contributed by atoms with Gasteiger partial charge in [0.05, 0.1) is 0 Å². The van der Waals surface area contributed by atoms with Crippen molar-refractivity contribution in [1.29, 1.82) is 0 Å². The second-order valence-corrected chi connectivity index (χ2v) is 6.16. The molecule has 0 amide bonds. The van der Waals surface area contributed by atoms with E-state index in [4.69, 9.17) is 0 Å². The first-order valence-electron chi connectivity index (χ1n) is 7.24. The van der Waals surface area contributed by atoms with Crippen LogP contribution in [0.5, 0.6) is 5.75 Å². The molecule has 2 fully saturated rings. The quantitative estimate of drug-likeness (QED) is 0.851. The lowest BCUT2D eigenvalue weighted by molar-refractivity contribution is 0.309. The molecular formula is C16H23NO. The lowest BCUT2D eigenvalue weighted by atomic mass is 9.88. The maximum Gasteiger partial charge on any atom is 0.115 e. The molecule has 2 saturated carbocycles. The Labute approximate surface area is 109 Å². The van der Waals surface area contributed by atoms with E-state index in [-0.39, 0.29) is 0 Å². The number of hydrogen-bond acceptors (Lipinski definition) is 2. The van der Waals surface area contributed by atoms with Gasteiger partial charge in [-0.15, -0.1) is 0 Å². The van der Waals surface area contributed by atoms with Gasteiger partial charge in [0.1, 0.15) is 5.75 Å². The normalized spacial score (nSPS) is 31.7. The van der Waals surface area contributed by atoms with Crippen LogP contribution < -0.4 is 5.32 Å². The summed E-state index contributed by atoms with van der Waals surface area (Å²) < 4.78 is 0. The van der Waals surface area contributed by atoms with Crippen molar-refractivity contribution in [3.05, 3.63) is 29.8 Å². The van der Waals surface area contributed by atoms with Crippen LogP contribution in [-0.4, -0.2) is 11.7 Å². The van der Waals surface area contributed by atoms with Crippen LogP contribution in [0.2, 0.25) is 0 Å². The fourth-order valence-electron chi connectivity index (χ4n) is 3.87. The van der Waals surface area contributed by atoms with Crippen molar-refractivity contribution in [3.8, 4) is 5.75 Å². The summed E-state index contributed by atoms with van der Waals surface area (Å²) in [5.74, 6) is 3.27. The standard InChI is InChI=1S/C16H23NO/c1-11(13-3-2-4-16(18)9-13)17-10-15-8-12-5-6-14(15)7-12/h2-4,9,11-12,14-15,17-18H,5-8,10H2,1H3. The van der Waals surface area contributed by atoms with Crippen molar-refractivity contribution in [2.45, 2.75) is 38.6 Å². The van der Waals surface area contributed by atoms with Crippen LogP contribution in [0.1, 0.15) is 44.2 Å². The van der Waals surface area contributed by atoms with Crippen molar-refractivity contribution in [1.82, 2.24) is 5.32 Å². The highest BCUT2D eigenvalue weighted by atomic mass is 16.3. The topological polar surface area (TPSA) is 32.3 Å². The fraction of sp³-hybridized carbons (Fsp3) is 0.625. The van der Waals surface area contributed by atoms with E-state index in [1.165, 1.54) is 31.2 Å². The smallest absolute Gasteiger partial charge is 0.115 e. The molecule has 2 aliphatic carbocycles. The predicted octanol–water partition coefficient (Wildman–Crippen LogP) is 3.48. The van der Waals surface area contributed by atoms with Crippen LogP contribution in [0.15, 0.2) is 24.3 Å². The Morgan fingerprint density at radius 3 is 2.89 bits per heavy atom. The number of fused-ring (bicyclic) bond motifs is 2. The molecule has 2 nitrogen and oxygen atoms in total. The minimum Gasteiger partial charge on any atom is -0.508 e. The Bertz CT molecular complexity index is 417. The van der Waals surface area contributed by atoms with E-state index in [0.717, 1.165) is 24.3 Å². The molecule has 3 rings (SSSR count). The summed E-state index contributed by atoms with van der Waals surface area (Å²) in [5, 5.41) is 13.1. The third kappa shape index (κ3) is 2.39. The Morgan fingerprint density at radius 1 is 1.33 bits per heavy atom. The molecule has 0 radical (unpaired) electrons. The molecule has 1 aromatic rings. The molecular weight excluding hydrogens is 222 g/mol. The van der Waals surface area contributed by atoms with Crippen molar-refractivity contribution < 1.29 is 5.11 Å². The summed E-state index contributed by atoms with van der Waals surface area (Å²) in [7, 11) is 0. The molecule has 0 spiro atoms. The number of rotatable bonds is 4. The molecule has 0 aromatic heterocycles. The fourth-order valence-corrected chi connectivity index (χ4v) is 3.87. The van der Waals surface area contributed by atoms with Gasteiger partial charge in [-0.05, 0) is 68.2 Å². The molecule has 4 unspecified atom stereocenters. The summed E-state index contributed by atoms with van der Waals surface area (Å²) in [6, 6.07) is 7.92. The first-order valence-corrected chi connectivity index (χ1v) is 7.24. The van der Waals surface area contributed by atoms with Crippen LogP contribution in [0.25, 0.3) is 0 Å². The lowest BCUT2D eigenvalue weighted by Gasteiger charge is -2.24. The number of phenolic OH excluding ortho intramolecular Hbond substituents is 1. The molecule has 2 N–H and O–H groups in total.